The molecular weight excluding hydrogens is 226 g/mol. The quantitative estimate of drug-likeness (QED) is 0.732. The lowest BCUT2D eigenvalue weighted by Crippen LogP contribution is -1.76. The molecule has 3 heteroatoms. The molecule has 76 valence electrons. The number of benzene rings is 1. The molecule has 1 nitrogen and oxygen atoms in total. The number of halogens is 1. The average Bonchev–Trinajstić information content (AvgIpc) is 2.76. The summed E-state index contributed by atoms with van der Waals surface area (Å²) >= 11 is 7.29. The van der Waals surface area contributed by atoms with Crippen LogP contribution >= 0.6 is 22.9 Å². The summed E-state index contributed by atoms with van der Waals surface area (Å²) in [4.78, 5) is 4.34. The van der Waals surface area contributed by atoms with Crippen LogP contribution < -0.4 is 0 Å². The third kappa shape index (κ3) is 2.91. The molecule has 0 N–H and O–H groups in total. The molecule has 0 fully saturated rings. The van der Waals surface area contributed by atoms with E-state index in [1.165, 1.54) is 5.56 Å². The molecule has 2 rings (SSSR count). The van der Waals surface area contributed by atoms with Gasteiger partial charge in [-0.1, -0.05) is 36.4 Å². The first-order valence-electron chi connectivity index (χ1n) is 4.62. The van der Waals surface area contributed by atoms with E-state index >= 15 is 0 Å². The van der Waals surface area contributed by atoms with E-state index in [1.54, 1.807) is 11.3 Å². The van der Waals surface area contributed by atoms with Crippen LogP contribution in [-0.4, -0.2) is 4.98 Å². The molecule has 0 saturated carbocycles. The van der Waals surface area contributed by atoms with Gasteiger partial charge in [-0.25, -0.2) is 4.98 Å². The van der Waals surface area contributed by atoms with Gasteiger partial charge < -0.3 is 0 Å². The number of hydrogen-bond acceptors (Lipinski definition) is 2. The van der Waals surface area contributed by atoms with Crippen LogP contribution in [0.25, 0.3) is 12.2 Å². The van der Waals surface area contributed by atoms with Crippen LogP contribution in [0.4, 0.5) is 0 Å². The molecule has 0 aliphatic rings. The summed E-state index contributed by atoms with van der Waals surface area (Å²) in [6, 6.07) is 10.2. The van der Waals surface area contributed by atoms with Crippen LogP contribution in [0.1, 0.15) is 16.3 Å². The molecule has 0 saturated heterocycles. The molecule has 0 aliphatic carbocycles. The van der Waals surface area contributed by atoms with Gasteiger partial charge in [0.25, 0.3) is 0 Å². The fraction of sp³-hybridized carbons (Fsp3) is 0.0833. The van der Waals surface area contributed by atoms with Crippen molar-refractivity contribution in [3.8, 4) is 0 Å². The van der Waals surface area contributed by atoms with Crippen LogP contribution in [-0.2, 0) is 5.88 Å². The molecule has 0 spiro atoms. The van der Waals surface area contributed by atoms with Gasteiger partial charge in [0.1, 0.15) is 5.01 Å². The minimum absolute atomic E-state index is 0.482. The SMILES string of the molecule is ClCc1csc(/C=C/c2ccccc2)n1. The number of rotatable bonds is 3. The van der Waals surface area contributed by atoms with E-state index in [0.717, 1.165) is 10.7 Å². The molecule has 1 aromatic heterocycles. The van der Waals surface area contributed by atoms with E-state index in [0.29, 0.717) is 5.88 Å². The standard InChI is InChI=1S/C12H10ClNS/c13-8-11-9-15-12(14-11)7-6-10-4-2-1-3-5-10/h1-7,9H,8H2/b7-6+. The Morgan fingerprint density at radius 2 is 2.00 bits per heavy atom. The van der Waals surface area contributed by atoms with Crippen molar-refractivity contribution < 1.29 is 0 Å². The van der Waals surface area contributed by atoms with Gasteiger partial charge in [0.2, 0.25) is 0 Å². The maximum absolute atomic E-state index is 5.68. The average molecular weight is 236 g/mol. The number of nitrogens with zero attached hydrogens (tertiary/aromatic N) is 1. The molecule has 0 radical (unpaired) electrons. The Hall–Kier alpha value is -1.12. The Morgan fingerprint density at radius 1 is 1.20 bits per heavy atom. The van der Waals surface area contributed by atoms with E-state index in [4.69, 9.17) is 11.6 Å². The molecule has 15 heavy (non-hydrogen) atoms. The lowest BCUT2D eigenvalue weighted by Gasteiger charge is -1.89. The Morgan fingerprint density at radius 3 is 2.67 bits per heavy atom. The number of aromatic nitrogens is 1. The molecule has 0 amide bonds. The van der Waals surface area contributed by atoms with E-state index in [9.17, 15) is 0 Å². The largest absolute Gasteiger partial charge is 0.240 e. The van der Waals surface area contributed by atoms with Crippen molar-refractivity contribution in [3.63, 3.8) is 0 Å². The Bertz CT molecular complexity index is 448. The fourth-order valence-corrected chi connectivity index (χ4v) is 2.13. The van der Waals surface area contributed by atoms with Crippen LogP contribution in [0.5, 0.6) is 0 Å². The second kappa shape index (κ2) is 5.10. The molecule has 0 aliphatic heterocycles. The smallest absolute Gasteiger partial charge is 0.116 e. The highest BCUT2D eigenvalue weighted by Crippen LogP contribution is 2.14. The molecule has 0 atom stereocenters. The van der Waals surface area contributed by atoms with Crippen molar-refractivity contribution in [2.75, 3.05) is 0 Å². The second-order valence-electron chi connectivity index (χ2n) is 3.05. The number of thiazole rings is 1. The Balaban J connectivity index is 2.11. The highest BCUT2D eigenvalue weighted by molar-refractivity contribution is 7.10. The molecule has 0 unspecified atom stereocenters. The summed E-state index contributed by atoms with van der Waals surface area (Å²) in [7, 11) is 0. The van der Waals surface area contributed by atoms with E-state index in [1.807, 2.05) is 29.7 Å². The van der Waals surface area contributed by atoms with E-state index in [2.05, 4.69) is 23.2 Å². The van der Waals surface area contributed by atoms with Crippen molar-refractivity contribution in [1.82, 2.24) is 4.98 Å². The number of hydrogen-bond donors (Lipinski definition) is 0. The van der Waals surface area contributed by atoms with Gasteiger partial charge in [-0.3, -0.25) is 0 Å². The van der Waals surface area contributed by atoms with E-state index in [-0.39, 0.29) is 0 Å². The highest BCUT2D eigenvalue weighted by atomic mass is 35.5. The van der Waals surface area contributed by atoms with Gasteiger partial charge in [0, 0.05) is 5.38 Å². The summed E-state index contributed by atoms with van der Waals surface area (Å²) < 4.78 is 0. The van der Waals surface area contributed by atoms with Crippen molar-refractivity contribution in [2.45, 2.75) is 5.88 Å². The van der Waals surface area contributed by atoms with Gasteiger partial charge in [-0.15, -0.1) is 22.9 Å². The lowest BCUT2D eigenvalue weighted by atomic mass is 10.2. The number of alkyl halides is 1. The predicted molar refractivity (Wildman–Crippen MR) is 67.0 cm³/mol. The first kappa shape index (κ1) is 10.4. The molecule has 1 aromatic carbocycles. The topological polar surface area (TPSA) is 12.9 Å². The molecule has 1 heterocycles. The maximum Gasteiger partial charge on any atom is 0.116 e. The predicted octanol–water partition coefficient (Wildman–Crippen LogP) is 4.05. The third-order valence-corrected chi connectivity index (χ3v) is 3.06. The van der Waals surface area contributed by atoms with Crippen LogP contribution in [0.3, 0.4) is 0 Å². The fourth-order valence-electron chi connectivity index (χ4n) is 1.19. The van der Waals surface area contributed by atoms with Crippen molar-refractivity contribution in [2.24, 2.45) is 0 Å². The molecule has 2 aromatic rings. The summed E-state index contributed by atoms with van der Waals surface area (Å²) in [6.07, 6.45) is 4.06. The zero-order chi connectivity index (χ0) is 10.5. The summed E-state index contributed by atoms with van der Waals surface area (Å²) in [6.45, 7) is 0. The van der Waals surface area contributed by atoms with E-state index < -0.39 is 0 Å². The van der Waals surface area contributed by atoms with Crippen LogP contribution in [0, 0.1) is 0 Å². The molecular formula is C12H10ClNS. The monoisotopic (exact) mass is 235 g/mol. The van der Waals surface area contributed by atoms with Crippen molar-refractivity contribution in [1.29, 1.82) is 0 Å². The normalized spacial score (nSPS) is 11.0. The summed E-state index contributed by atoms with van der Waals surface area (Å²) in [5, 5.41) is 2.98. The molecule has 0 bridgehead atoms. The minimum Gasteiger partial charge on any atom is -0.240 e. The zero-order valence-electron chi connectivity index (χ0n) is 8.06. The first-order chi connectivity index (χ1) is 7.38. The van der Waals surface area contributed by atoms with Gasteiger partial charge in [-0.2, -0.15) is 0 Å². The second-order valence-corrected chi connectivity index (χ2v) is 4.21. The van der Waals surface area contributed by atoms with Gasteiger partial charge in [0.05, 0.1) is 11.6 Å². The Labute approximate surface area is 98.1 Å². The van der Waals surface area contributed by atoms with Crippen LogP contribution in [0.2, 0.25) is 0 Å². The van der Waals surface area contributed by atoms with Crippen molar-refractivity contribution >= 4 is 35.1 Å². The highest BCUT2D eigenvalue weighted by Gasteiger charge is 1.96. The summed E-state index contributed by atoms with van der Waals surface area (Å²) in [5.41, 5.74) is 2.12. The Kier molecular flexibility index (Phi) is 3.54. The lowest BCUT2D eigenvalue weighted by molar-refractivity contribution is 1.22. The van der Waals surface area contributed by atoms with Gasteiger partial charge in [0.15, 0.2) is 0 Å². The first-order valence-corrected chi connectivity index (χ1v) is 6.03. The van der Waals surface area contributed by atoms with Gasteiger partial charge in [-0.05, 0) is 11.6 Å². The summed E-state index contributed by atoms with van der Waals surface area (Å²) in [5.74, 6) is 0.482. The maximum atomic E-state index is 5.68. The van der Waals surface area contributed by atoms with Crippen molar-refractivity contribution in [3.05, 3.63) is 52.0 Å². The third-order valence-electron chi connectivity index (χ3n) is 1.92. The van der Waals surface area contributed by atoms with Gasteiger partial charge >= 0.3 is 0 Å². The minimum atomic E-state index is 0.482. The zero-order valence-corrected chi connectivity index (χ0v) is 9.63. The van der Waals surface area contributed by atoms with Crippen LogP contribution in [0.15, 0.2) is 35.7 Å².